The van der Waals surface area contributed by atoms with Gasteiger partial charge in [0.25, 0.3) is 0 Å². The quantitative estimate of drug-likeness (QED) is 0.744. The summed E-state index contributed by atoms with van der Waals surface area (Å²) in [5.41, 5.74) is 1.82. The van der Waals surface area contributed by atoms with Gasteiger partial charge >= 0.3 is 0 Å². The van der Waals surface area contributed by atoms with Crippen molar-refractivity contribution >= 4 is 28.2 Å². The first kappa shape index (κ1) is 15.6. The second-order valence-electron chi connectivity index (χ2n) is 5.03. The Morgan fingerprint density at radius 1 is 1.13 bits per heavy atom. The molecule has 0 radical (unpaired) electrons. The molecular formula is C18H17ClN2O2. The number of anilines is 1. The van der Waals surface area contributed by atoms with Crippen LogP contribution in [-0.2, 0) is 0 Å². The van der Waals surface area contributed by atoms with E-state index in [1.54, 1.807) is 13.3 Å². The molecule has 0 atom stereocenters. The lowest BCUT2D eigenvalue weighted by atomic mass is 9.99. The molecule has 0 bridgehead atoms. The number of aromatic nitrogens is 1. The molecule has 3 aromatic rings. The summed E-state index contributed by atoms with van der Waals surface area (Å²) in [6.45, 7) is 0.476. The first-order chi connectivity index (χ1) is 11.3. The normalized spacial score (nSPS) is 10.7. The van der Waals surface area contributed by atoms with Gasteiger partial charge in [0.15, 0.2) is 0 Å². The number of hydrogen-bond acceptors (Lipinski definition) is 4. The topological polar surface area (TPSA) is 54.4 Å². The smallest absolute Gasteiger partial charge is 0.134 e. The highest BCUT2D eigenvalue weighted by molar-refractivity contribution is 6.33. The zero-order valence-corrected chi connectivity index (χ0v) is 13.5. The molecule has 2 N–H and O–H groups in total. The van der Waals surface area contributed by atoms with E-state index < -0.39 is 0 Å². The molecule has 1 heterocycles. The van der Waals surface area contributed by atoms with Gasteiger partial charge in [-0.25, -0.2) is 4.98 Å². The molecule has 1 aromatic heterocycles. The minimum atomic E-state index is 0.0411. The summed E-state index contributed by atoms with van der Waals surface area (Å²) < 4.78 is 5.54. The highest BCUT2D eigenvalue weighted by Crippen LogP contribution is 2.39. The van der Waals surface area contributed by atoms with E-state index in [1.807, 2.05) is 42.5 Å². The van der Waals surface area contributed by atoms with E-state index in [-0.39, 0.29) is 6.61 Å². The fraction of sp³-hybridized carbons (Fsp3) is 0.167. The molecule has 2 aromatic carbocycles. The maximum Gasteiger partial charge on any atom is 0.134 e. The average molecular weight is 329 g/mol. The van der Waals surface area contributed by atoms with E-state index >= 15 is 0 Å². The Morgan fingerprint density at radius 2 is 1.96 bits per heavy atom. The Morgan fingerprint density at radius 3 is 2.70 bits per heavy atom. The summed E-state index contributed by atoms with van der Waals surface area (Å²) in [5.74, 6) is 1.47. The van der Waals surface area contributed by atoms with Crippen molar-refractivity contribution in [1.29, 1.82) is 0 Å². The van der Waals surface area contributed by atoms with Crippen molar-refractivity contribution in [1.82, 2.24) is 4.98 Å². The Hall–Kier alpha value is -2.30. The van der Waals surface area contributed by atoms with Gasteiger partial charge in [-0.05, 0) is 12.1 Å². The highest BCUT2D eigenvalue weighted by Gasteiger charge is 2.14. The van der Waals surface area contributed by atoms with Crippen LogP contribution in [0.3, 0.4) is 0 Å². The fourth-order valence-electron chi connectivity index (χ4n) is 2.64. The molecular weight excluding hydrogens is 312 g/mol. The molecule has 118 valence electrons. The number of pyridine rings is 1. The lowest BCUT2D eigenvalue weighted by Crippen LogP contribution is -2.07. The zero-order chi connectivity index (χ0) is 16.2. The van der Waals surface area contributed by atoms with Crippen molar-refractivity contribution in [3.63, 3.8) is 0 Å². The number of nitrogens with one attached hydrogen (secondary N) is 1. The molecule has 4 nitrogen and oxygen atoms in total. The minimum absolute atomic E-state index is 0.0411. The van der Waals surface area contributed by atoms with Crippen LogP contribution in [0.5, 0.6) is 5.75 Å². The highest BCUT2D eigenvalue weighted by atomic mass is 35.5. The molecule has 5 heteroatoms. The van der Waals surface area contributed by atoms with Gasteiger partial charge in [0.1, 0.15) is 11.6 Å². The molecule has 23 heavy (non-hydrogen) atoms. The third kappa shape index (κ3) is 2.96. The molecule has 0 aliphatic carbocycles. The van der Waals surface area contributed by atoms with Crippen molar-refractivity contribution < 1.29 is 9.84 Å². The third-order valence-electron chi connectivity index (χ3n) is 3.66. The lowest BCUT2D eigenvalue weighted by molar-refractivity contribution is 0.311. The van der Waals surface area contributed by atoms with Gasteiger partial charge in [-0.3, -0.25) is 0 Å². The van der Waals surface area contributed by atoms with E-state index in [2.05, 4.69) is 10.3 Å². The molecule has 0 spiro atoms. The average Bonchev–Trinajstić information content (AvgIpc) is 2.59. The lowest BCUT2D eigenvalue weighted by Gasteiger charge is -2.15. The zero-order valence-electron chi connectivity index (χ0n) is 12.7. The van der Waals surface area contributed by atoms with E-state index in [0.717, 1.165) is 27.6 Å². The molecule has 0 fully saturated rings. The standard InChI is InChI=1S/C18H17ClN2O2/c1-23-16-8-4-6-13-17(16)14(11-21-18(13)20-9-10-22)12-5-2-3-7-15(12)19/h2-8,11,22H,9-10H2,1H3,(H,20,21). The molecule has 0 saturated heterocycles. The number of halogens is 1. The summed E-state index contributed by atoms with van der Waals surface area (Å²) in [6.07, 6.45) is 1.78. The van der Waals surface area contributed by atoms with Crippen LogP contribution in [0.25, 0.3) is 21.9 Å². The van der Waals surface area contributed by atoms with Gasteiger partial charge < -0.3 is 15.2 Å². The Kier molecular flexibility index (Phi) is 4.65. The Balaban J connectivity index is 2.29. The SMILES string of the molecule is COc1cccc2c(NCCO)ncc(-c3ccccc3Cl)c12. The molecule has 0 aliphatic rings. The van der Waals surface area contributed by atoms with Crippen LogP contribution in [0.2, 0.25) is 5.02 Å². The van der Waals surface area contributed by atoms with Crippen LogP contribution in [0, 0.1) is 0 Å². The third-order valence-corrected chi connectivity index (χ3v) is 3.99. The van der Waals surface area contributed by atoms with Crippen LogP contribution in [0.1, 0.15) is 0 Å². The largest absolute Gasteiger partial charge is 0.496 e. The molecule has 0 amide bonds. The first-order valence-electron chi connectivity index (χ1n) is 7.31. The maximum absolute atomic E-state index is 9.04. The van der Waals surface area contributed by atoms with Crippen LogP contribution in [0.15, 0.2) is 48.7 Å². The van der Waals surface area contributed by atoms with Gasteiger partial charge in [-0.15, -0.1) is 0 Å². The number of ether oxygens (including phenoxy) is 1. The number of hydrogen-bond donors (Lipinski definition) is 2. The van der Waals surface area contributed by atoms with Crippen molar-refractivity contribution in [2.75, 3.05) is 25.6 Å². The Labute approximate surface area is 139 Å². The fourth-order valence-corrected chi connectivity index (χ4v) is 2.88. The first-order valence-corrected chi connectivity index (χ1v) is 7.69. The summed E-state index contributed by atoms with van der Waals surface area (Å²) in [6, 6.07) is 13.5. The second kappa shape index (κ2) is 6.86. The number of methoxy groups -OCH3 is 1. The molecule has 0 saturated carbocycles. The summed E-state index contributed by atoms with van der Waals surface area (Å²) in [7, 11) is 1.65. The summed E-state index contributed by atoms with van der Waals surface area (Å²) in [5, 5.41) is 14.7. The number of fused-ring (bicyclic) bond motifs is 1. The van der Waals surface area contributed by atoms with Crippen molar-refractivity contribution in [3.05, 3.63) is 53.7 Å². The molecule has 0 aliphatic heterocycles. The maximum atomic E-state index is 9.04. The van der Waals surface area contributed by atoms with Gasteiger partial charge in [0.2, 0.25) is 0 Å². The summed E-state index contributed by atoms with van der Waals surface area (Å²) in [4.78, 5) is 4.50. The predicted molar refractivity (Wildman–Crippen MR) is 94.3 cm³/mol. The van der Waals surface area contributed by atoms with E-state index in [1.165, 1.54) is 0 Å². The number of aliphatic hydroxyl groups excluding tert-OH is 1. The van der Waals surface area contributed by atoms with Crippen molar-refractivity contribution in [2.24, 2.45) is 0 Å². The minimum Gasteiger partial charge on any atom is -0.496 e. The van der Waals surface area contributed by atoms with Crippen LogP contribution in [0.4, 0.5) is 5.82 Å². The van der Waals surface area contributed by atoms with Crippen LogP contribution >= 0.6 is 11.6 Å². The number of rotatable bonds is 5. The van der Waals surface area contributed by atoms with Crippen LogP contribution < -0.4 is 10.1 Å². The number of nitrogens with zero attached hydrogens (tertiary/aromatic N) is 1. The van der Waals surface area contributed by atoms with Gasteiger partial charge in [-0.2, -0.15) is 0 Å². The van der Waals surface area contributed by atoms with Gasteiger partial charge in [-0.1, -0.05) is 41.9 Å². The van der Waals surface area contributed by atoms with Gasteiger partial charge in [0, 0.05) is 39.7 Å². The van der Waals surface area contributed by atoms with Crippen molar-refractivity contribution in [3.8, 4) is 16.9 Å². The number of aliphatic hydroxyl groups is 1. The predicted octanol–water partition coefficient (Wildman–Crippen LogP) is 3.97. The van der Waals surface area contributed by atoms with Gasteiger partial charge in [0.05, 0.1) is 13.7 Å². The van der Waals surface area contributed by atoms with E-state index in [0.29, 0.717) is 17.4 Å². The van der Waals surface area contributed by atoms with Crippen LogP contribution in [-0.4, -0.2) is 30.4 Å². The second-order valence-corrected chi connectivity index (χ2v) is 5.44. The Bertz CT molecular complexity index is 836. The van der Waals surface area contributed by atoms with E-state index in [4.69, 9.17) is 21.4 Å². The van der Waals surface area contributed by atoms with Crippen molar-refractivity contribution in [2.45, 2.75) is 0 Å². The monoisotopic (exact) mass is 328 g/mol. The molecule has 3 rings (SSSR count). The molecule has 0 unspecified atom stereocenters. The number of benzene rings is 2. The summed E-state index contributed by atoms with van der Waals surface area (Å²) >= 11 is 6.36. The van der Waals surface area contributed by atoms with E-state index in [9.17, 15) is 0 Å².